The van der Waals surface area contributed by atoms with Crippen LogP contribution < -0.4 is 0 Å². The standard InChI is InChI=1S/C21H14ClNO2S2/c22-16-11-5-4-10-15(16)20(25-19(24)14-8-2-1-3-9-14)27-21-23-17-12-6-7-13-18(17)26-21/h1-13,20H/t20-/m1/s1. The predicted octanol–water partition coefficient (Wildman–Crippen LogP) is 6.60. The van der Waals surface area contributed by atoms with Crippen molar-refractivity contribution < 1.29 is 9.53 Å². The fraction of sp³-hybridized carbons (Fsp3) is 0.0476. The van der Waals surface area contributed by atoms with E-state index in [2.05, 4.69) is 4.98 Å². The lowest BCUT2D eigenvalue weighted by molar-refractivity contribution is 0.0457. The van der Waals surface area contributed by atoms with Gasteiger partial charge >= 0.3 is 5.97 Å². The van der Waals surface area contributed by atoms with Gasteiger partial charge in [0, 0.05) is 10.6 Å². The average Bonchev–Trinajstić information content (AvgIpc) is 3.11. The van der Waals surface area contributed by atoms with Gasteiger partial charge in [0.15, 0.2) is 9.78 Å². The number of thiazole rings is 1. The van der Waals surface area contributed by atoms with Crippen LogP contribution in [0.1, 0.15) is 21.4 Å². The summed E-state index contributed by atoms with van der Waals surface area (Å²) in [5.41, 5.74) is 1.58. The Balaban J connectivity index is 1.65. The number of hydrogen-bond donors (Lipinski definition) is 0. The Kier molecular flexibility index (Phi) is 5.43. The van der Waals surface area contributed by atoms with E-state index in [4.69, 9.17) is 16.3 Å². The maximum absolute atomic E-state index is 12.6. The van der Waals surface area contributed by atoms with Crippen molar-refractivity contribution in [2.24, 2.45) is 0 Å². The third-order valence-electron chi connectivity index (χ3n) is 3.86. The Labute approximate surface area is 170 Å². The van der Waals surface area contributed by atoms with Gasteiger partial charge in [-0.05, 0) is 42.1 Å². The second-order valence-corrected chi connectivity index (χ2v) is 8.44. The minimum atomic E-state index is -0.591. The van der Waals surface area contributed by atoms with Crippen LogP contribution in [0.25, 0.3) is 10.2 Å². The number of halogens is 1. The number of esters is 1. The molecule has 4 rings (SSSR count). The highest BCUT2D eigenvalue weighted by molar-refractivity contribution is 8.01. The molecule has 0 aliphatic carbocycles. The van der Waals surface area contributed by atoms with E-state index >= 15 is 0 Å². The number of carbonyl (C=O) groups excluding carboxylic acids is 1. The molecule has 0 fully saturated rings. The van der Waals surface area contributed by atoms with Gasteiger partial charge in [-0.15, -0.1) is 11.3 Å². The lowest BCUT2D eigenvalue weighted by Crippen LogP contribution is -2.09. The normalized spacial score (nSPS) is 12.0. The Hall–Kier alpha value is -2.34. The molecule has 0 unspecified atom stereocenters. The molecule has 0 N–H and O–H groups in total. The van der Waals surface area contributed by atoms with Crippen molar-refractivity contribution in [2.45, 2.75) is 9.78 Å². The third-order valence-corrected chi connectivity index (χ3v) is 6.44. The van der Waals surface area contributed by atoms with E-state index in [1.165, 1.54) is 11.8 Å². The first kappa shape index (κ1) is 18.0. The molecule has 0 aliphatic heterocycles. The molecule has 0 saturated carbocycles. The van der Waals surface area contributed by atoms with Crippen molar-refractivity contribution in [3.05, 3.63) is 95.0 Å². The third kappa shape index (κ3) is 4.16. The van der Waals surface area contributed by atoms with E-state index in [0.29, 0.717) is 10.6 Å². The summed E-state index contributed by atoms with van der Waals surface area (Å²) < 4.78 is 7.72. The molecular formula is C21H14ClNO2S2. The van der Waals surface area contributed by atoms with E-state index in [0.717, 1.165) is 20.1 Å². The second kappa shape index (κ2) is 8.13. The summed E-state index contributed by atoms with van der Waals surface area (Å²) in [5, 5.41) is 0.553. The number of rotatable bonds is 5. The van der Waals surface area contributed by atoms with E-state index in [-0.39, 0.29) is 0 Å². The number of aromatic nitrogens is 1. The Bertz CT molecular complexity index is 1050. The maximum Gasteiger partial charge on any atom is 0.339 e. The van der Waals surface area contributed by atoms with Crippen LogP contribution in [-0.2, 0) is 4.74 Å². The van der Waals surface area contributed by atoms with E-state index in [1.54, 1.807) is 29.5 Å². The summed E-state index contributed by atoms with van der Waals surface area (Å²) >= 11 is 9.32. The molecule has 4 aromatic rings. The Morgan fingerprint density at radius 1 is 0.963 bits per heavy atom. The van der Waals surface area contributed by atoms with Crippen LogP contribution in [0.3, 0.4) is 0 Å². The van der Waals surface area contributed by atoms with Gasteiger partial charge < -0.3 is 4.74 Å². The summed E-state index contributed by atoms with van der Waals surface area (Å²) in [6, 6.07) is 24.3. The molecule has 3 nitrogen and oxygen atoms in total. The number of para-hydroxylation sites is 1. The highest BCUT2D eigenvalue weighted by Crippen LogP contribution is 2.42. The molecule has 1 atom stereocenters. The topological polar surface area (TPSA) is 39.2 Å². The molecule has 0 bridgehead atoms. The van der Waals surface area contributed by atoms with Gasteiger partial charge in [0.25, 0.3) is 0 Å². The van der Waals surface area contributed by atoms with E-state index in [1.807, 2.05) is 60.7 Å². The molecule has 0 saturated heterocycles. The first-order valence-corrected chi connectivity index (χ1v) is 10.3. The molecule has 0 radical (unpaired) electrons. The molecule has 1 aromatic heterocycles. The van der Waals surface area contributed by atoms with Crippen molar-refractivity contribution in [1.82, 2.24) is 4.98 Å². The minimum absolute atomic E-state index is 0.394. The minimum Gasteiger partial charge on any atom is -0.442 e. The fourth-order valence-corrected chi connectivity index (χ4v) is 5.07. The first-order chi connectivity index (χ1) is 13.2. The van der Waals surface area contributed by atoms with Gasteiger partial charge in [0.2, 0.25) is 0 Å². The zero-order valence-corrected chi connectivity index (χ0v) is 16.4. The lowest BCUT2D eigenvalue weighted by Gasteiger charge is -2.18. The number of thioether (sulfide) groups is 1. The molecule has 0 spiro atoms. The number of fused-ring (bicyclic) bond motifs is 1. The molecule has 6 heteroatoms. The summed E-state index contributed by atoms with van der Waals surface area (Å²) in [7, 11) is 0. The monoisotopic (exact) mass is 411 g/mol. The largest absolute Gasteiger partial charge is 0.442 e. The zero-order chi connectivity index (χ0) is 18.6. The average molecular weight is 412 g/mol. The molecular weight excluding hydrogens is 398 g/mol. The molecule has 1 heterocycles. The van der Waals surface area contributed by atoms with Crippen molar-refractivity contribution in [3.8, 4) is 0 Å². The zero-order valence-electron chi connectivity index (χ0n) is 14.0. The fourth-order valence-electron chi connectivity index (χ4n) is 2.55. The van der Waals surface area contributed by atoms with Crippen LogP contribution >= 0.6 is 34.7 Å². The van der Waals surface area contributed by atoms with Gasteiger partial charge in [-0.2, -0.15) is 0 Å². The van der Waals surface area contributed by atoms with Crippen molar-refractivity contribution in [1.29, 1.82) is 0 Å². The number of benzene rings is 3. The highest BCUT2D eigenvalue weighted by atomic mass is 35.5. The summed E-state index contributed by atoms with van der Waals surface area (Å²) in [4.78, 5) is 17.2. The Morgan fingerprint density at radius 2 is 1.67 bits per heavy atom. The van der Waals surface area contributed by atoms with Crippen molar-refractivity contribution >= 4 is 50.9 Å². The highest BCUT2D eigenvalue weighted by Gasteiger charge is 2.23. The lowest BCUT2D eigenvalue weighted by atomic mass is 10.2. The molecule has 3 aromatic carbocycles. The summed E-state index contributed by atoms with van der Waals surface area (Å²) in [6.45, 7) is 0. The van der Waals surface area contributed by atoms with Crippen molar-refractivity contribution in [3.63, 3.8) is 0 Å². The number of carbonyl (C=O) groups is 1. The van der Waals surface area contributed by atoms with Gasteiger partial charge in [-0.3, -0.25) is 0 Å². The quantitative estimate of drug-likeness (QED) is 0.211. The van der Waals surface area contributed by atoms with Crippen LogP contribution in [0.4, 0.5) is 0 Å². The summed E-state index contributed by atoms with van der Waals surface area (Å²) in [6.07, 6.45) is 0. The van der Waals surface area contributed by atoms with E-state index < -0.39 is 11.4 Å². The maximum atomic E-state index is 12.6. The van der Waals surface area contributed by atoms with Gasteiger partial charge in [-0.25, -0.2) is 9.78 Å². The van der Waals surface area contributed by atoms with Crippen LogP contribution in [0.2, 0.25) is 5.02 Å². The summed E-state index contributed by atoms with van der Waals surface area (Å²) in [5.74, 6) is -0.394. The first-order valence-electron chi connectivity index (χ1n) is 8.23. The molecule has 0 aliphatic rings. The molecule has 134 valence electrons. The smallest absolute Gasteiger partial charge is 0.339 e. The predicted molar refractivity (Wildman–Crippen MR) is 112 cm³/mol. The number of ether oxygens (including phenoxy) is 1. The van der Waals surface area contributed by atoms with Gasteiger partial charge in [-0.1, -0.05) is 60.1 Å². The van der Waals surface area contributed by atoms with Gasteiger partial charge in [0.1, 0.15) is 0 Å². The van der Waals surface area contributed by atoms with Crippen molar-refractivity contribution in [2.75, 3.05) is 0 Å². The Morgan fingerprint density at radius 3 is 2.44 bits per heavy atom. The van der Waals surface area contributed by atoms with E-state index in [9.17, 15) is 4.79 Å². The van der Waals surface area contributed by atoms with Crippen LogP contribution in [-0.4, -0.2) is 11.0 Å². The van der Waals surface area contributed by atoms with Crippen LogP contribution in [0.5, 0.6) is 0 Å². The number of hydrogen-bond acceptors (Lipinski definition) is 5. The second-order valence-electron chi connectivity index (χ2n) is 5.69. The van der Waals surface area contributed by atoms with Crippen LogP contribution in [0.15, 0.2) is 83.2 Å². The molecule has 27 heavy (non-hydrogen) atoms. The van der Waals surface area contributed by atoms with Crippen LogP contribution in [0, 0.1) is 0 Å². The number of nitrogens with zero attached hydrogens (tertiary/aromatic N) is 1. The van der Waals surface area contributed by atoms with Gasteiger partial charge in [0.05, 0.1) is 15.8 Å². The molecule has 0 amide bonds. The SMILES string of the molecule is O=C(O[C@H](Sc1nc2ccccc2s1)c1ccccc1Cl)c1ccccc1.